The standard InChI is InChI=1S/C16H20N2S/c1-11-9-18-16(19-11)12(2)17-10-13-4-3-5-15(8-13)14-6-7-14/h3-5,8-9,12,14,17H,6-7,10H2,1-2H3. The van der Waals surface area contributed by atoms with Crippen molar-refractivity contribution < 1.29 is 0 Å². The van der Waals surface area contributed by atoms with Crippen LogP contribution in [0.4, 0.5) is 0 Å². The second-order valence-electron chi connectivity index (χ2n) is 5.43. The van der Waals surface area contributed by atoms with Crippen LogP contribution in [0.15, 0.2) is 30.5 Å². The normalized spacial score (nSPS) is 16.5. The summed E-state index contributed by atoms with van der Waals surface area (Å²) in [5.74, 6) is 0.832. The number of nitrogens with zero attached hydrogens (tertiary/aromatic N) is 1. The van der Waals surface area contributed by atoms with Crippen LogP contribution in [0.1, 0.15) is 52.7 Å². The topological polar surface area (TPSA) is 24.9 Å². The highest BCUT2D eigenvalue weighted by Crippen LogP contribution is 2.40. The first-order valence-corrected chi connectivity index (χ1v) is 7.78. The number of benzene rings is 1. The lowest BCUT2D eigenvalue weighted by Gasteiger charge is -2.11. The quantitative estimate of drug-likeness (QED) is 0.883. The van der Waals surface area contributed by atoms with E-state index in [1.54, 1.807) is 11.3 Å². The van der Waals surface area contributed by atoms with Gasteiger partial charge in [0, 0.05) is 17.6 Å². The van der Waals surface area contributed by atoms with Crippen LogP contribution in [0.3, 0.4) is 0 Å². The Bertz CT molecular complexity index is 557. The van der Waals surface area contributed by atoms with Gasteiger partial charge in [-0.2, -0.15) is 0 Å². The van der Waals surface area contributed by atoms with E-state index in [1.165, 1.54) is 33.9 Å². The zero-order valence-electron chi connectivity index (χ0n) is 11.5. The third kappa shape index (κ3) is 3.23. The first-order valence-electron chi connectivity index (χ1n) is 6.97. The average molecular weight is 272 g/mol. The SMILES string of the molecule is Cc1cnc(C(C)NCc2cccc(C3CC3)c2)s1. The van der Waals surface area contributed by atoms with Crippen molar-refractivity contribution in [2.24, 2.45) is 0 Å². The largest absolute Gasteiger partial charge is 0.304 e. The fourth-order valence-electron chi connectivity index (χ4n) is 2.30. The minimum absolute atomic E-state index is 0.322. The molecule has 0 aliphatic heterocycles. The van der Waals surface area contributed by atoms with Gasteiger partial charge in [0.1, 0.15) is 5.01 Å². The summed E-state index contributed by atoms with van der Waals surface area (Å²) in [6.07, 6.45) is 4.68. The molecular weight excluding hydrogens is 252 g/mol. The molecule has 1 fully saturated rings. The van der Waals surface area contributed by atoms with Crippen LogP contribution in [0.5, 0.6) is 0 Å². The van der Waals surface area contributed by atoms with E-state index in [-0.39, 0.29) is 0 Å². The van der Waals surface area contributed by atoms with Crippen molar-refractivity contribution in [1.82, 2.24) is 10.3 Å². The van der Waals surface area contributed by atoms with Crippen LogP contribution in [0.25, 0.3) is 0 Å². The summed E-state index contributed by atoms with van der Waals surface area (Å²) >= 11 is 1.78. The van der Waals surface area contributed by atoms with Crippen LogP contribution < -0.4 is 5.32 Å². The first-order chi connectivity index (χ1) is 9.22. The second-order valence-corrected chi connectivity index (χ2v) is 6.70. The van der Waals surface area contributed by atoms with Crippen molar-refractivity contribution in [1.29, 1.82) is 0 Å². The Morgan fingerprint density at radius 1 is 1.42 bits per heavy atom. The third-order valence-corrected chi connectivity index (χ3v) is 4.72. The molecule has 0 amide bonds. The van der Waals surface area contributed by atoms with Gasteiger partial charge in [0.15, 0.2) is 0 Å². The van der Waals surface area contributed by atoms with Crippen molar-refractivity contribution in [3.8, 4) is 0 Å². The van der Waals surface area contributed by atoms with Crippen molar-refractivity contribution in [3.63, 3.8) is 0 Å². The van der Waals surface area contributed by atoms with Gasteiger partial charge in [0.05, 0.1) is 6.04 Å². The second kappa shape index (κ2) is 5.43. The zero-order chi connectivity index (χ0) is 13.2. The van der Waals surface area contributed by atoms with E-state index in [4.69, 9.17) is 0 Å². The number of thiazole rings is 1. The van der Waals surface area contributed by atoms with E-state index in [0.717, 1.165) is 12.5 Å². The molecule has 1 aromatic heterocycles. The number of aryl methyl sites for hydroxylation is 1. The maximum absolute atomic E-state index is 4.44. The Hall–Kier alpha value is -1.19. The van der Waals surface area contributed by atoms with E-state index in [1.807, 2.05) is 6.20 Å². The average Bonchev–Trinajstić information content (AvgIpc) is 3.19. The van der Waals surface area contributed by atoms with Crippen LogP contribution in [-0.4, -0.2) is 4.98 Å². The lowest BCUT2D eigenvalue weighted by molar-refractivity contribution is 0.571. The van der Waals surface area contributed by atoms with Crippen molar-refractivity contribution in [3.05, 3.63) is 51.5 Å². The predicted molar refractivity (Wildman–Crippen MR) is 80.5 cm³/mol. The summed E-state index contributed by atoms with van der Waals surface area (Å²) in [6, 6.07) is 9.32. The number of hydrogen-bond acceptors (Lipinski definition) is 3. The highest BCUT2D eigenvalue weighted by molar-refractivity contribution is 7.11. The van der Waals surface area contributed by atoms with Crippen LogP contribution in [0, 0.1) is 6.92 Å². The van der Waals surface area contributed by atoms with E-state index >= 15 is 0 Å². The third-order valence-electron chi connectivity index (χ3n) is 3.62. The van der Waals surface area contributed by atoms with Gasteiger partial charge in [-0.15, -0.1) is 11.3 Å². The Morgan fingerprint density at radius 3 is 2.95 bits per heavy atom. The van der Waals surface area contributed by atoms with Gasteiger partial charge in [-0.1, -0.05) is 24.3 Å². The summed E-state index contributed by atoms with van der Waals surface area (Å²) in [4.78, 5) is 5.72. The molecule has 3 rings (SSSR count). The van der Waals surface area contributed by atoms with Gasteiger partial charge in [-0.3, -0.25) is 0 Å². The van der Waals surface area contributed by atoms with Gasteiger partial charge in [0.2, 0.25) is 0 Å². The summed E-state index contributed by atoms with van der Waals surface area (Å²) in [5, 5.41) is 4.74. The molecule has 0 bridgehead atoms. The maximum atomic E-state index is 4.44. The molecule has 1 saturated carbocycles. The summed E-state index contributed by atoms with van der Waals surface area (Å²) in [5.41, 5.74) is 2.89. The minimum atomic E-state index is 0.322. The molecule has 3 heteroatoms. The molecule has 0 spiro atoms. The predicted octanol–water partition coefficient (Wildman–Crippen LogP) is 4.18. The molecule has 1 atom stereocenters. The molecule has 100 valence electrons. The molecule has 1 heterocycles. The van der Waals surface area contributed by atoms with Gasteiger partial charge in [-0.25, -0.2) is 4.98 Å². The van der Waals surface area contributed by atoms with Crippen LogP contribution in [-0.2, 0) is 6.54 Å². The first kappa shape index (κ1) is 12.8. The van der Waals surface area contributed by atoms with E-state index in [2.05, 4.69) is 48.4 Å². The van der Waals surface area contributed by atoms with Crippen LogP contribution >= 0.6 is 11.3 Å². The van der Waals surface area contributed by atoms with Crippen molar-refractivity contribution in [2.45, 2.75) is 45.2 Å². The number of hydrogen-bond donors (Lipinski definition) is 1. The summed E-state index contributed by atoms with van der Waals surface area (Å²) in [7, 11) is 0. The minimum Gasteiger partial charge on any atom is -0.304 e. The van der Waals surface area contributed by atoms with Crippen molar-refractivity contribution >= 4 is 11.3 Å². The Balaban J connectivity index is 1.60. The monoisotopic (exact) mass is 272 g/mol. The maximum Gasteiger partial charge on any atom is 0.109 e. The summed E-state index contributed by atoms with van der Waals surface area (Å²) < 4.78 is 0. The number of aromatic nitrogens is 1. The fraction of sp³-hybridized carbons (Fsp3) is 0.438. The molecule has 1 aliphatic rings. The highest BCUT2D eigenvalue weighted by Gasteiger charge is 2.23. The smallest absolute Gasteiger partial charge is 0.109 e. The molecule has 1 aliphatic carbocycles. The van der Waals surface area contributed by atoms with E-state index < -0.39 is 0 Å². The molecule has 2 aromatic rings. The van der Waals surface area contributed by atoms with Gasteiger partial charge in [-0.05, 0) is 43.7 Å². The van der Waals surface area contributed by atoms with Crippen molar-refractivity contribution in [2.75, 3.05) is 0 Å². The van der Waals surface area contributed by atoms with Gasteiger partial charge < -0.3 is 5.32 Å². The zero-order valence-corrected chi connectivity index (χ0v) is 12.3. The Morgan fingerprint density at radius 2 is 2.26 bits per heavy atom. The number of rotatable bonds is 5. The lowest BCUT2D eigenvalue weighted by Crippen LogP contribution is -2.17. The molecule has 0 radical (unpaired) electrons. The lowest BCUT2D eigenvalue weighted by atomic mass is 10.1. The molecule has 1 unspecified atom stereocenters. The molecule has 1 N–H and O–H groups in total. The van der Waals surface area contributed by atoms with E-state index in [9.17, 15) is 0 Å². The van der Waals surface area contributed by atoms with Gasteiger partial charge >= 0.3 is 0 Å². The van der Waals surface area contributed by atoms with Crippen LogP contribution in [0.2, 0.25) is 0 Å². The Kier molecular flexibility index (Phi) is 3.67. The molecule has 19 heavy (non-hydrogen) atoms. The molecule has 1 aromatic carbocycles. The number of nitrogens with one attached hydrogen (secondary N) is 1. The van der Waals surface area contributed by atoms with Gasteiger partial charge in [0.25, 0.3) is 0 Å². The molecule has 2 nitrogen and oxygen atoms in total. The van der Waals surface area contributed by atoms with E-state index in [0.29, 0.717) is 6.04 Å². The molecular formula is C16H20N2S. The fourth-order valence-corrected chi connectivity index (χ4v) is 3.11. The Labute approximate surface area is 118 Å². The summed E-state index contributed by atoms with van der Waals surface area (Å²) in [6.45, 7) is 5.20. The molecule has 0 saturated heterocycles. The highest BCUT2D eigenvalue weighted by atomic mass is 32.1.